The van der Waals surface area contributed by atoms with Crippen molar-refractivity contribution in [1.29, 1.82) is 0 Å². The summed E-state index contributed by atoms with van der Waals surface area (Å²) in [4.78, 5) is 9.37. The van der Waals surface area contributed by atoms with Gasteiger partial charge in [-0.05, 0) is 23.6 Å². The molecule has 0 saturated carbocycles. The number of amides is 1. The number of ether oxygens (including phenoxy) is 1. The van der Waals surface area contributed by atoms with Crippen molar-refractivity contribution in [2.45, 2.75) is 19.8 Å². The number of rotatable bonds is 1. The SMILES string of the molecule is CC(C)c1cccc(O)c1.COC(N)=O. The lowest BCUT2D eigenvalue weighted by Crippen LogP contribution is -2.08. The van der Waals surface area contributed by atoms with Crippen molar-refractivity contribution in [3.63, 3.8) is 0 Å². The molecule has 84 valence electrons. The van der Waals surface area contributed by atoms with E-state index < -0.39 is 6.09 Å². The zero-order chi connectivity index (χ0) is 11.8. The number of phenols is 1. The molecule has 0 heterocycles. The van der Waals surface area contributed by atoms with Crippen molar-refractivity contribution >= 4 is 6.09 Å². The van der Waals surface area contributed by atoms with E-state index in [1.807, 2.05) is 12.1 Å². The van der Waals surface area contributed by atoms with Crippen LogP contribution in [0, 0.1) is 0 Å². The van der Waals surface area contributed by atoms with E-state index in [4.69, 9.17) is 5.11 Å². The Morgan fingerprint density at radius 3 is 2.27 bits per heavy atom. The minimum Gasteiger partial charge on any atom is -0.508 e. The maximum Gasteiger partial charge on any atom is 0.404 e. The molecule has 4 nitrogen and oxygen atoms in total. The van der Waals surface area contributed by atoms with E-state index >= 15 is 0 Å². The minimum atomic E-state index is -0.745. The molecular formula is C11H17NO3. The van der Waals surface area contributed by atoms with Crippen LogP contribution in [0.15, 0.2) is 24.3 Å². The Labute approximate surface area is 89.7 Å². The highest BCUT2D eigenvalue weighted by Gasteiger charge is 1.97. The predicted molar refractivity (Wildman–Crippen MR) is 58.8 cm³/mol. The zero-order valence-corrected chi connectivity index (χ0v) is 9.23. The van der Waals surface area contributed by atoms with Crippen molar-refractivity contribution in [3.8, 4) is 5.75 Å². The maximum absolute atomic E-state index is 9.37. The number of aromatic hydroxyl groups is 1. The number of hydrogen-bond acceptors (Lipinski definition) is 3. The number of hydrogen-bond donors (Lipinski definition) is 2. The first-order chi connectivity index (χ1) is 6.97. The molecule has 1 aromatic rings. The molecule has 0 unspecified atom stereocenters. The Balaban J connectivity index is 0.000000336. The highest BCUT2D eigenvalue weighted by atomic mass is 16.5. The molecule has 0 saturated heterocycles. The molecule has 1 rings (SSSR count). The molecule has 0 aliphatic heterocycles. The molecule has 1 aromatic carbocycles. The van der Waals surface area contributed by atoms with Crippen LogP contribution in [0.25, 0.3) is 0 Å². The van der Waals surface area contributed by atoms with Gasteiger partial charge in [-0.15, -0.1) is 0 Å². The van der Waals surface area contributed by atoms with Gasteiger partial charge in [0.2, 0.25) is 0 Å². The average Bonchev–Trinajstić information content (AvgIpc) is 2.18. The summed E-state index contributed by atoms with van der Waals surface area (Å²) in [6.45, 7) is 4.21. The fourth-order valence-corrected chi connectivity index (χ4v) is 0.884. The fraction of sp³-hybridized carbons (Fsp3) is 0.364. The normalized spacial score (nSPS) is 9.07. The summed E-state index contributed by atoms with van der Waals surface area (Å²) in [5, 5.41) is 9.06. The quantitative estimate of drug-likeness (QED) is 0.748. The summed E-state index contributed by atoms with van der Waals surface area (Å²) in [6, 6.07) is 7.37. The maximum atomic E-state index is 9.37. The van der Waals surface area contributed by atoms with Crippen LogP contribution in [0.2, 0.25) is 0 Å². The van der Waals surface area contributed by atoms with E-state index in [0.717, 1.165) is 0 Å². The summed E-state index contributed by atoms with van der Waals surface area (Å²) in [5.41, 5.74) is 5.61. The third-order valence-corrected chi connectivity index (χ3v) is 1.74. The Bertz CT molecular complexity index is 310. The second-order valence-electron chi connectivity index (χ2n) is 3.27. The Morgan fingerprint density at radius 1 is 1.47 bits per heavy atom. The van der Waals surface area contributed by atoms with Gasteiger partial charge in [-0.3, -0.25) is 0 Å². The molecule has 0 spiro atoms. The van der Waals surface area contributed by atoms with Gasteiger partial charge >= 0.3 is 6.09 Å². The third kappa shape index (κ3) is 6.37. The zero-order valence-electron chi connectivity index (χ0n) is 9.23. The van der Waals surface area contributed by atoms with Gasteiger partial charge in [0.15, 0.2) is 0 Å². The van der Waals surface area contributed by atoms with Crippen LogP contribution in [-0.2, 0) is 4.74 Å². The lowest BCUT2D eigenvalue weighted by Gasteiger charge is -2.03. The fourth-order valence-electron chi connectivity index (χ4n) is 0.884. The average molecular weight is 211 g/mol. The van der Waals surface area contributed by atoms with E-state index in [0.29, 0.717) is 11.7 Å². The van der Waals surface area contributed by atoms with Crippen LogP contribution in [0.3, 0.4) is 0 Å². The number of carbonyl (C=O) groups excluding carboxylic acids is 1. The van der Waals surface area contributed by atoms with Gasteiger partial charge in [0.05, 0.1) is 7.11 Å². The second-order valence-corrected chi connectivity index (χ2v) is 3.27. The number of benzene rings is 1. The summed E-state index contributed by atoms with van der Waals surface area (Å²) < 4.78 is 3.89. The number of phenolic OH excluding ortho intramolecular Hbond substituents is 1. The molecule has 0 bridgehead atoms. The monoisotopic (exact) mass is 211 g/mol. The number of carbonyl (C=O) groups is 1. The van der Waals surface area contributed by atoms with E-state index in [1.54, 1.807) is 12.1 Å². The molecule has 0 fully saturated rings. The van der Waals surface area contributed by atoms with E-state index in [1.165, 1.54) is 12.7 Å². The Hall–Kier alpha value is -1.71. The standard InChI is InChI=1S/C9H12O.C2H5NO2/c1-7(2)8-4-3-5-9(10)6-8;1-5-2(3)4/h3-7,10H,1-2H3;1H3,(H2,3,4). The van der Waals surface area contributed by atoms with Crippen LogP contribution in [0.1, 0.15) is 25.3 Å². The van der Waals surface area contributed by atoms with Crippen molar-refractivity contribution in [2.24, 2.45) is 5.73 Å². The van der Waals surface area contributed by atoms with Crippen LogP contribution in [0.4, 0.5) is 4.79 Å². The van der Waals surface area contributed by atoms with Gasteiger partial charge in [0.25, 0.3) is 0 Å². The van der Waals surface area contributed by atoms with E-state index in [9.17, 15) is 4.79 Å². The first-order valence-corrected chi connectivity index (χ1v) is 4.59. The predicted octanol–water partition coefficient (Wildman–Crippen LogP) is 2.23. The third-order valence-electron chi connectivity index (χ3n) is 1.74. The minimum absolute atomic E-state index is 0.353. The van der Waals surface area contributed by atoms with Gasteiger partial charge in [0.1, 0.15) is 5.75 Å². The first kappa shape index (κ1) is 13.3. The molecule has 15 heavy (non-hydrogen) atoms. The van der Waals surface area contributed by atoms with Crippen LogP contribution < -0.4 is 5.73 Å². The molecule has 0 aliphatic rings. The largest absolute Gasteiger partial charge is 0.508 e. The molecule has 4 heteroatoms. The van der Waals surface area contributed by atoms with Gasteiger partial charge in [-0.25, -0.2) is 4.79 Å². The second kappa shape index (κ2) is 6.70. The van der Waals surface area contributed by atoms with Crippen molar-refractivity contribution in [1.82, 2.24) is 0 Å². The highest BCUT2D eigenvalue weighted by molar-refractivity contribution is 5.64. The van der Waals surface area contributed by atoms with Crippen LogP contribution >= 0.6 is 0 Å². The van der Waals surface area contributed by atoms with Gasteiger partial charge in [0, 0.05) is 0 Å². The summed E-state index contributed by atoms with van der Waals surface area (Å²) in [7, 11) is 1.22. The molecule has 0 aliphatic carbocycles. The lowest BCUT2D eigenvalue weighted by molar-refractivity contribution is 0.182. The summed E-state index contributed by atoms with van der Waals surface area (Å²) in [5.74, 6) is 0.846. The molecule has 0 radical (unpaired) electrons. The summed E-state index contributed by atoms with van der Waals surface area (Å²) in [6.07, 6.45) is -0.745. The van der Waals surface area contributed by atoms with Crippen molar-refractivity contribution < 1.29 is 14.6 Å². The number of nitrogens with two attached hydrogens (primary N) is 1. The highest BCUT2D eigenvalue weighted by Crippen LogP contribution is 2.18. The smallest absolute Gasteiger partial charge is 0.404 e. The first-order valence-electron chi connectivity index (χ1n) is 4.59. The number of primary amides is 1. The molecule has 1 amide bonds. The van der Waals surface area contributed by atoms with Gasteiger partial charge in [-0.1, -0.05) is 26.0 Å². The van der Waals surface area contributed by atoms with Gasteiger partial charge in [-0.2, -0.15) is 0 Å². The van der Waals surface area contributed by atoms with Crippen LogP contribution in [0.5, 0.6) is 5.75 Å². The van der Waals surface area contributed by atoms with Gasteiger partial charge < -0.3 is 15.6 Å². The number of methoxy groups -OCH3 is 1. The van der Waals surface area contributed by atoms with E-state index in [2.05, 4.69) is 24.3 Å². The topological polar surface area (TPSA) is 72.6 Å². The van der Waals surface area contributed by atoms with Crippen molar-refractivity contribution in [2.75, 3.05) is 7.11 Å². The summed E-state index contributed by atoms with van der Waals surface area (Å²) >= 11 is 0. The van der Waals surface area contributed by atoms with Crippen LogP contribution in [-0.4, -0.2) is 18.3 Å². The van der Waals surface area contributed by atoms with E-state index in [-0.39, 0.29) is 0 Å². The molecular weight excluding hydrogens is 194 g/mol. The molecule has 0 aromatic heterocycles. The molecule has 3 N–H and O–H groups in total. The molecule has 0 atom stereocenters. The Kier molecular flexibility index (Phi) is 5.94. The lowest BCUT2D eigenvalue weighted by atomic mass is 10.0. The van der Waals surface area contributed by atoms with Crippen molar-refractivity contribution in [3.05, 3.63) is 29.8 Å². The Morgan fingerprint density at radius 2 is 2.00 bits per heavy atom.